The fourth-order valence-electron chi connectivity index (χ4n) is 1.41. The molecule has 0 unspecified atom stereocenters. The Bertz CT molecular complexity index is 370. The SMILES string of the molecule is CCCCN(CC(N)=O)c1cc(NN)ncn1. The van der Waals surface area contributed by atoms with Crippen LogP contribution in [0.1, 0.15) is 19.8 Å². The maximum Gasteiger partial charge on any atom is 0.236 e. The molecule has 0 radical (unpaired) electrons. The Kier molecular flexibility index (Phi) is 5.15. The average Bonchev–Trinajstić information content (AvgIpc) is 2.34. The van der Waals surface area contributed by atoms with Gasteiger partial charge in [-0.25, -0.2) is 15.8 Å². The van der Waals surface area contributed by atoms with Crippen molar-refractivity contribution in [1.29, 1.82) is 0 Å². The van der Waals surface area contributed by atoms with E-state index in [0.717, 1.165) is 19.4 Å². The van der Waals surface area contributed by atoms with Crippen LogP contribution in [-0.4, -0.2) is 29.0 Å². The van der Waals surface area contributed by atoms with Gasteiger partial charge in [0.25, 0.3) is 0 Å². The van der Waals surface area contributed by atoms with Crippen LogP contribution in [-0.2, 0) is 4.79 Å². The number of anilines is 2. The monoisotopic (exact) mass is 238 g/mol. The maximum absolute atomic E-state index is 11.0. The smallest absolute Gasteiger partial charge is 0.236 e. The summed E-state index contributed by atoms with van der Waals surface area (Å²) in [6.07, 6.45) is 3.38. The van der Waals surface area contributed by atoms with E-state index in [1.54, 1.807) is 6.07 Å². The molecule has 0 aliphatic carbocycles. The first-order valence-corrected chi connectivity index (χ1v) is 5.49. The van der Waals surface area contributed by atoms with Gasteiger partial charge in [0.2, 0.25) is 5.91 Å². The van der Waals surface area contributed by atoms with E-state index in [4.69, 9.17) is 11.6 Å². The third-order valence-electron chi connectivity index (χ3n) is 2.25. The highest BCUT2D eigenvalue weighted by Crippen LogP contribution is 2.13. The number of nitrogens with two attached hydrogens (primary N) is 2. The van der Waals surface area contributed by atoms with Crippen LogP contribution in [0.2, 0.25) is 0 Å². The first-order valence-electron chi connectivity index (χ1n) is 5.49. The summed E-state index contributed by atoms with van der Waals surface area (Å²) < 4.78 is 0. The Morgan fingerprint density at radius 3 is 2.88 bits per heavy atom. The summed E-state index contributed by atoms with van der Waals surface area (Å²) in [4.78, 5) is 20.8. The Labute approximate surface area is 100 Å². The van der Waals surface area contributed by atoms with Gasteiger partial charge in [-0.15, -0.1) is 0 Å². The summed E-state index contributed by atoms with van der Waals surface area (Å²) in [5, 5.41) is 0. The number of nitrogen functional groups attached to an aromatic ring is 1. The summed E-state index contributed by atoms with van der Waals surface area (Å²) in [5.74, 6) is 6.02. The van der Waals surface area contributed by atoms with Crippen LogP contribution in [0, 0.1) is 0 Å². The summed E-state index contributed by atoms with van der Waals surface area (Å²) >= 11 is 0. The van der Waals surface area contributed by atoms with Crippen LogP contribution in [0.5, 0.6) is 0 Å². The average molecular weight is 238 g/mol. The van der Waals surface area contributed by atoms with Gasteiger partial charge < -0.3 is 16.1 Å². The molecule has 17 heavy (non-hydrogen) atoms. The topological polar surface area (TPSA) is 110 Å². The van der Waals surface area contributed by atoms with Crippen LogP contribution in [0.4, 0.5) is 11.6 Å². The highest BCUT2D eigenvalue weighted by molar-refractivity contribution is 5.79. The summed E-state index contributed by atoms with van der Waals surface area (Å²) in [6.45, 7) is 2.94. The molecular weight excluding hydrogens is 220 g/mol. The Hall–Kier alpha value is -1.89. The molecule has 1 heterocycles. The van der Waals surface area contributed by atoms with Gasteiger partial charge in [0.15, 0.2) is 0 Å². The minimum atomic E-state index is -0.387. The number of amides is 1. The molecule has 0 aliphatic rings. The molecule has 5 N–H and O–H groups in total. The van der Waals surface area contributed by atoms with Crippen LogP contribution in [0.3, 0.4) is 0 Å². The zero-order valence-electron chi connectivity index (χ0n) is 9.89. The molecule has 1 aromatic rings. The summed E-state index contributed by atoms with van der Waals surface area (Å²) in [6, 6.07) is 1.68. The molecule has 0 aromatic carbocycles. The minimum Gasteiger partial charge on any atom is -0.368 e. The lowest BCUT2D eigenvalue weighted by atomic mass is 10.3. The summed E-state index contributed by atoms with van der Waals surface area (Å²) in [7, 11) is 0. The molecule has 1 aromatic heterocycles. The van der Waals surface area contributed by atoms with E-state index in [-0.39, 0.29) is 12.5 Å². The molecule has 0 atom stereocenters. The molecule has 0 aliphatic heterocycles. The van der Waals surface area contributed by atoms with Gasteiger partial charge >= 0.3 is 0 Å². The molecule has 0 saturated heterocycles. The van der Waals surface area contributed by atoms with Gasteiger partial charge in [-0.1, -0.05) is 13.3 Å². The van der Waals surface area contributed by atoms with Gasteiger partial charge in [-0.05, 0) is 6.42 Å². The van der Waals surface area contributed by atoms with E-state index < -0.39 is 0 Å². The third kappa shape index (κ3) is 4.23. The number of nitrogens with zero attached hydrogens (tertiary/aromatic N) is 3. The van der Waals surface area contributed by atoms with Gasteiger partial charge in [-0.2, -0.15) is 0 Å². The van der Waals surface area contributed by atoms with Crippen molar-refractivity contribution in [3.8, 4) is 0 Å². The quantitative estimate of drug-likeness (QED) is 0.450. The Balaban J connectivity index is 2.82. The Morgan fingerprint density at radius 2 is 2.29 bits per heavy atom. The normalized spacial score (nSPS) is 10.0. The first-order chi connectivity index (χ1) is 8.17. The molecule has 1 amide bonds. The predicted octanol–water partition coefficient (Wildman–Crippen LogP) is -0.146. The fourth-order valence-corrected chi connectivity index (χ4v) is 1.41. The van der Waals surface area contributed by atoms with Gasteiger partial charge in [0.05, 0.1) is 6.54 Å². The number of rotatable bonds is 7. The minimum absolute atomic E-state index is 0.140. The number of unbranched alkanes of at least 4 members (excludes halogenated alkanes) is 1. The maximum atomic E-state index is 11.0. The second-order valence-electron chi connectivity index (χ2n) is 3.65. The number of aromatic nitrogens is 2. The second-order valence-corrected chi connectivity index (χ2v) is 3.65. The van der Waals surface area contributed by atoms with Crippen LogP contribution >= 0.6 is 0 Å². The molecule has 0 spiro atoms. The van der Waals surface area contributed by atoms with Crippen molar-refractivity contribution in [3.05, 3.63) is 12.4 Å². The van der Waals surface area contributed by atoms with E-state index in [1.165, 1.54) is 6.33 Å². The highest BCUT2D eigenvalue weighted by atomic mass is 16.1. The molecule has 0 saturated carbocycles. The molecule has 7 heteroatoms. The van der Waals surface area contributed by atoms with Crippen molar-refractivity contribution >= 4 is 17.5 Å². The molecule has 1 rings (SSSR count). The zero-order valence-corrected chi connectivity index (χ0v) is 9.89. The van der Waals surface area contributed by atoms with Gasteiger partial charge in [-0.3, -0.25) is 4.79 Å². The van der Waals surface area contributed by atoms with Crippen molar-refractivity contribution in [2.24, 2.45) is 11.6 Å². The lowest BCUT2D eigenvalue weighted by Gasteiger charge is -2.21. The third-order valence-corrected chi connectivity index (χ3v) is 2.25. The van der Waals surface area contributed by atoms with Gasteiger partial charge in [0, 0.05) is 12.6 Å². The predicted molar refractivity (Wildman–Crippen MR) is 66.2 cm³/mol. The molecule has 94 valence electrons. The van der Waals surface area contributed by atoms with Crippen LogP contribution < -0.4 is 21.9 Å². The first kappa shape index (κ1) is 13.2. The Morgan fingerprint density at radius 1 is 1.53 bits per heavy atom. The molecule has 0 fully saturated rings. The van der Waals surface area contributed by atoms with E-state index >= 15 is 0 Å². The van der Waals surface area contributed by atoms with E-state index in [9.17, 15) is 4.79 Å². The van der Waals surface area contributed by atoms with Crippen molar-refractivity contribution in [1.82, 2.24) is 9.97 Å². The fraction of sp³-hybridized carbons (Fsp3) is 0.500. The second kappa shape index (κ2) is 6.64. The van der Waals surface area contributed by atoms with E-state index in [0.29, 0.717) is 11.6 Å². The number of carbonyl (C=O) groups excluding carboxylic acids is 1. The molecular formula is C10H18N6O. The highest BCUT2D eigenvalue weighted by Gasteiger charge is 2.11. The number of hydrogen-bond acceptors (Lipinski definition) is 6. The standard InChI is InChI=1S/C10H18N6O/c1-2-3-4-16(6-8(11)17)10-5-9(15-12)13-7-14-10/h5,7H,2-4,6,12H2,1H3,(H2,11,17)(H,13,14,15). The lowest BCUT2D eigenvalue weighted by molar-refractivity contribution is -0.116. The zero-order chi connectivity index (χ0) is 12.7. The number of carbonyl (C=O) groups is 1. The van der Waals surface area contributed by atoms with Gasteiger partial charge in [0.1, 0.15) is 18.0 Å². The van der Waals surface area contributed by atoms with E-state index in [2.05, 4.69) is 22.3 Å². The number of primary amides is 1. The number of hydrazine groups is 1. The summed E-state index contributed by atoms with van der Waals surface area (Å²) in [5.41, 5.74) is 7.65. The van der Waals surface area contributed by atoms with E-state index in [1.807, 2.05) is 4.90 Å². The van der Waals surface area contributed by atoms with Crippen molar-refractivity contribution in [2.45, 2.75) is 19.8 Å². The van der Waals surface area contributed by atoms with Crippen molar-refractivity contribution in [3.63, 3.8) is 0 Å². The lowest BCUT2D eigenvalue weighted by Crippen LogP contribution is -2.35. The van der Waals surface area contributed by atoms with Crippen LogP contribution in [0.15, 0.2) is 12.4 Å². The number of hydrogen-bond donors (Lipinski definition) is 3. The van der Waals surface area contributed by atoms with Crippen molar-refractivity contribution in [2.75, 3.05) is 23.4 Å². The molecule has 0 bridgehead atoms. The molecule has 7 nitrogen and oxygen atoms in total. The van der Waals surface area contributed by atoms with Crippen molar-refractivity contribution < 1.29 is 4.79 Å². The van der Waals surface area contributed by atoms with Crippen LogP contribution in [0.25, 0.3) is 0 Å². The number of nitrogens with one attached hydrogen (secondary N) is 1. The largest absolute Gasteiger partial charge is 0.368 e.